The van der Waals surface area contributed by atoms with Gasteiger partial charge >= 0.3 is 0 Å². The number of carboxylic acid groups (broad SMARTS) is 1. The van der Waals surface area contributed by atoms with Crippen molar-refractivity contribution >= 4 is 39.4 Å². The summed E-state index contributed by atoms with van der Waals surface area (Å²) in [5.41, 5.74) is 0. The number of aromatic nitrogens is 1. The van der Waals surface area contributed by atoms with Crippen LogP contribution in [0.5, 0.6) is 0 Å². The summed E-state index contributed by atoms with van der Waals surface area (Å²) in [4.78, 5) is 37.9. The number of carbonyl (C=O) groups is 3. The molecule has 1 aromatic heterocycles. The van der Waals surface area contributed by atoms with Gasteiger partial charge < -0.3 is 9.90 Å². The smallest absolute Gasteiger partial charge is 0.231 e. The van der Waals surface area contributed by atoms with E-state index < -0.39 is 22.7 Å². The maximum atomic E-state index is 11.7. The van der Waals surface area contributed by atoms with E-state index in [1.807, 2.05) is 0 Å². The fourth-order valence-electron chi connectivity index (χ4n) is 1.74. The van der Waals surface area contributed by atoms with Crippen LogP contribution >= 0.6 is 21.6 Å². The maximum Gasteiger partial charge on any atom is 0.231 e. The quantitative estimate of drug-likeness (QED) is 0.575. The molecule has 1 unspecified atom stereocenters. The summed E-state index contributed by atoms with van der Waals surface area (Å²) < 4.78 is 0. The Bertz CT molecular complexity index is 536. The number of carboxylic acids is 1. The van der Waals surface area contributed by atoms with Crippen molar-refractivity contribution in [2.45, 2.75) is 29.7 Å². The summed E-state index contributed by atoms with van der Waals surface area (Å²) in [6.45, 7) is 1.30. The van der Waals surface area contributed by atoms with E-state index in [4.69, 9.17) is 0 Å². The summed E-state index contributed by atoms with van der Waals surface area (Å²) in [6.07, 6.45) is 1.65. The van der Waals surface area contributed by atoms with Gasteiger partial charge in [0.05, 0.1) is 5.97 Å². The number of pyridine rings is 1. The summed E-state index contributed by atoms with van der Waals surface area (Å²) >= 11 is 0. The first-order chi connectivity index (χ1) is 9.45. The lowest BCUT2D eigenvalue weighted by Crippen LogP contribution is -2.57. The Balaban J connectivity index is 2.19. The van der Waals surface area contributed by atoms with Crippen LogP contribution in [0.1, 0.15) is 19.8 Å². The number of amides is 2. The molecular formula is C12H11N2O4S2-. The molecule has 1 aromatic rings. The molecular weight excluding hydrogens is 300 g/mol. The van der Waals surface area contributed by atoms with Crippen molar-refractivity contribution < 1.29 is 19.5 Å². The van der Waals surface area contributed by atoms with Crippen molar-refractivity contribution in [1.82, 2.24) is 9.88 Å². The minimum Gasteiger partial charge on any atom is -0.547 e. The molecule has 1 saturated heterocycles. The Kier molecular flexibility index (Phi) is 4.34. The van der Waals surface area contributed by atoms with Crippen molar-refractivity contribution in [2.24, 2.45) is 0 Å². The predicted octanol–water partition coefficient (Wildman–Crippen LogP) is 0.437. The van der Waals surface area contributed by atoms with Crippen LogP contribution in [0.2, 0.25) is 0 Å². The molecule has 8 heteroatoms. The normalized spacial score (nSPS) is 18.1. The van der Waals surface area contributed by atoms with Gasteiger partial charge in [0, 0.05) is 19.0 Å². The van der Waals surface area contributed by atoms with Gasteiger partial charge in [-0.1, -0.05) is 16.9 Å². The molecule has 0 saturated carbocycles. The summed E-state index contributed by atoms with van der Waals surface area (Å²) in [6, 6.07) is 5.21. The molecule has 0 bridgehead atoms. The first-order valence-electron chi connectivity index (χ1n) is 5.79. The molecule has 1 aliphatic heterocycles. The van der Waals surface area contributed by atoms with Gasteiger partial charge in [-0.3, -0.25) is 14.5 Å². The van der Waals surface area contributed by atoms with Gasteiger partial charge in [-0.15, -0.1) is 0 Å². The van der Waals surface area contributed by atoms with E-state index in [0.29, 0.717) is 5.03 Å². The highest BCUT2D eigenvalue weighted by molar-refractivity contribution is 8.77. The monoisotopic (exact) mass is 311 g/mol. The molecule has 0 radical (unpaired) electrons. The van der Waals surface area contributed by atoms with Crippen molar-refractivity contribution in [2.75, 3.05) is 0 Å². The number of imide groups is 1. The van der Waals surface area contributed by atoms with E-state index in [1.54, 1.807) is 24.4 Å². The lowest BCUT2D eigenvalue weighted by molar-refractivity contribution is -0.312. The van der Waals surface area contributed by atoms with Crippen LogP contribution in [0.3, 0.4) is 0 Å². The molecule has 1 aliphatic rings. The van der Waals surface area contributed by atoms with Crippen molar-refractivity contribution in [1.29, 1.82) is 0 Å². The molecule has 2 rings (SSSR count). The topological polar surface area (TPSA) is 90.4 Å². The standard InChI is InChI=1S/C12H12N2O4S2/c1-12(11(17)18,14-9(15)5-6-10(14)16)20-19-8-4-2-3-7-13-8/h2-4,7H,5-6H2,1H3,(H,17,18)/p-1. The number of carbonyl (C=O) groups excluding carboxylic acids is 3. The summed E-state index contributed by atoms with van der Waals surface area (Å²) in [7, 11) is 1.95. The summed E-state index contributed by atoms with van der Waals surface area (Å²) in [5.74, 6) is -2.46. The fourth-order valence-corrected chi connectivity index (χ4v) is 4.03. The second-order valence-corrected chi connectivity index (χ2v) is 6.77. The molecule has 0 N–H and O–H groups in total. The molecule has 0 aliphatic carbocycles. The van der Waals surface area contributed by atoms with Crippen LogP contribution in [0.15, 0.2) is 29.4 Å². The predicted molar refractivity (Wildman–Crippen MR) is 72.2 cm³/mol. The Morgan fingerprint density at radius 1 is 1.35 bits per heavy atom. The van der Waals surface area contributed by atoms with Gasteiger partial charge in [-0.05, 0) is 29.9 Å². The zero-order valence-electron chi connectivity index (χ0n) is 10.6. The lowest BCUT2D eigenvalue weighted by Gasteiger charge is -2.36. The zero-order valence-corrected chi connectivity index (χ0v) is 12.2. The molecule has 1 atom stereocenters. The number of nitrogens with zero attached hydrogens (tertiary/aromatic N) is 2. The van der Waals surface area contributed by atoms with E-state index in [1.165, 1.54) is 6.92 Å². The highest BCUT2D eigenvalue weighted by atomic mass is 33.1. The second kappa shape index (κ2) is 5.84. The number of aliphatic carboxylic acids is 1. The molecule has 6 nitrogen and oxygen atoms in total. The Labute approximate surface area is 123 Å². The van der Waals surface area contributed by atoms with Crippen LogP contribution < -0.4 is 5.11 Å². The third kappa shape index (κ3) is 2.80. The number of hydrogen-bond donors (Lipinski definition) is 0. The van der Waals surface area contributed by atoms with Crippen molar-refractivity contribution in [3.8, 4) is 0 Å². The van der Waals surface area contributed by atoms with Crippen LogP contribution in [-0.4, -0.2) is 32.5 Å². The van der Waals surface area contributed by atoms with Gasteiger partial charge in [-0.2, -0.15) is 0 Å². The Morgan fingerprint density at radius 3 is 2.50 bits per heavy atom. The van der Waals surface area contributed by atoms with E-state index in [9.17, 15) is 19.5 Å². The van der Waals surface area contributed by atoms with Gasteiger partial charge in [0.2, 0.25) is 11.8 Å². The molecule has 0 aromatic carbocycles. The molecule has 0 spiro atoms. The third-order valence-corrected chi connectivity index (χ3v) is 5.69. The van der Waals surface area contributed by atoms with E-state index in [0.717, 1.165) is 26.5 Å². The first-order valence-corrected chi connectivity index (χ1v) is 7.94. The summed E-state index contributed by atoms with van der Waals surface area (Å²) in [5, 5.41) is 12.0. The van der Waals surface area contributed by atoms with Crippen molar-refractivity contribution in [3.05, 3.63) is 24.4 Å². The van der Waals surface area contributed by atoms with Gasteiger partial charge in [-0.25, -0.2) is 4.98 Å². The average Bonchev–Trinajstić information content (AvgIpc) is 2.77. The van der Waals surface area contributed by atoms with Crippen molar-refractivity contribution in [3.63, 3.8) is 0 Å². The Hall–Kier alpha value is -1.54. The second-order valence-electron chi connectivity index (χ2n) is 4.23. The number of hydrogen-bond acceptors (Lipinski definition) is 7. The number of likely N-dealkylation sites (tertiary alicyclic amines) is 1. The van der Waals surface area contributed by atoms with Crippen LogP contribution in [0.25, 0.3) is 0 Å². The van der Waals surface area contributed by atoms with E-state index >= 15 is 0 Å². The molecule has 1 fully saturated rings. The maximum absolute atomic E-state index is 11.7. The first kappa shape index (κ1) is 14.9. The van der Waals surface area contributed by atoms with E-state index in [2.05, 4.69) is 4.98 Å². The van der Waals surface area contributed by atoms with Gasteiger partial charge in [0.15, 0.2) is 0 Å². The van der Waals surface area contributed by atoms with Crippen LogP contribution in [0, 0.1) is 0 Å². The Morgan fingerprint density at radius 2 is 2.00 bits per heavy atom. The average molecular weight is 311 g/mol. The van der Waals surface area contributed by atoms with Crippen LogP contribution in [0.4, 0.5) is 0 Å². The molecule has 2 heterocycles. The molecule has 106 valence electrons. The number of rotatable bonds is 5. The van der Waals surface area contributed by atoms with Gasteiger partial charge in [0.25, 0.3) is 0 Å². The highest BCUT2D eigenvalue weighted by Crippen LogP contribution is 2.43. The third-order valence-electron chi connectivity index (χ3n) is 2.78. The minimum atomic E-state index is -1.74. The highest BCUT2D eigenvalue weighted by Gasteiger charge is 2.45. The largest absolute Gasteiger partial charge is 0.547 e. The van der Waals surface area contributed by atoms with Crippen LogP contribution in [-0.2, 0) is 14.4 Å². The lowest BCUT2D eigenvalue weighted by atomic mass is 10.3. The van der Waals surface area contributed by atoms with E-state index in [-0.39, 0.29) is 12.8 Å². The fraction of sp³-hybridized carbons (Fsp3) is 0.333. The molecule has 20 heavy (non-hydrogen) atoms. The minimum absolute atomic E-state index is 0.0382. The van der Waals surface area contributed by atoms with Gasteiger partial charge in [0.1, 0.15) is 9.90 Å². The SMILES string of the molecule is CC(SSc1ccccn1)(C(=O)[O-])N1C(=O)CCC1=O. The zero-order chi connectivity index (χ0) is 14.8. The molecule has 2 amide bonds.